The summed E-state index contributed by atoms with van der Waals surface area (Å²) < 4.78 is 0. The Hall–Kier alpha value is -1.98. The van der Waals surface area contributed by atoms with Crippen LogP contribution in [-0.4, -0.2) is 65.1 Å². The number of aromatic nitrogens is 1. The summed E-state index contributed by atoms with van der Waals surface area (Å²) in [6, 6.07) is 9.60. The summed E-state index contributed by atoms with van der Waals surface area (Å²) in [6.07, 6.45) is 1.14. The third-order valence-electron chi connectivity index (χ3n) is 4.09. The molecule has 21 heavy (non-hydrogen) atoms. The van der Waals surface area contributed by atoms with Crippen LogP contribution in [0.1, 0.15) is 10.5 Å². The van der Waals surface area contributed by atoms with E-state index in [-0.39, 0.29) is 11.9 Å². The van der Waals surface area contributed by atoms with Crippen LogP contribution in [0.2, 0.25) is 0 Å². The summed E-state index contributed by atoms with van der Waals surface area (Å²) in [5.74, 6) is -0.116. The zero-order valence-corrected chi connectivity index (χ0v) is 12.2. The monoisotopic (exact) mass is 285 g/mol. The first-order valence-corrected chi connectivity index (χ1v) is 7.05. The van der Waals surface area contributed by atoms with Crippen molar-refractivity contribution in [2.45, 2.75) is 12.1 Å². The van der Waals surface area contributed by atoms with E-state index < -0.39 is 6.10 Å². The highest BCUT2D eigenvalue weighted by Crippen LogP contribution is 2.21. The lowest BCUT2D eigenvalue weighted by Gasteiger charge is -2.21. The van der Waals surface area contributed by atoms with Crippen LogP contribution in [0.5, 0.6) is 0 Å². The highest BCUT2D eigenvalue weighted by atomic mass is 16.3. The minimum Gasteiger partial charge on any atom is -0.390 e. The number of fused-ring (bicyclic) bond motifs is 1. The van der Waals surface area contributed by atoms with Crippen molar-refractivity contribution in [2.75, 3.05) is 27.2 Å². The van der Waals surface area contributed by atoms with Crippen LogP contribution in [0.4, 0.5) is 0 Å². The van der Waals surface area contributed by atoms with E-state index in [9.17, 15) is 9.90 Å². The number of likely N-dealkylation sites (N-methyl/N-ethyl adjacent to an activating group) is 1. The minimum absolute atomic E-state index is 0.0241. The predicted molar refractivity (Wildman–Crippen MR) is 81.1 cm³/mol. The number of nitrogens with zero attached hydrogens (tertiary/aromatic N) is 3. The van der Waals surface area contributed by atoms with Crippen molar-refractivity contribution in [1.82, 2.24) is 14.8 Å². The van der Waals surface area contributed by atoms with Crippen LogP contribution in [0.25, 0.3) is 10.8 Å². The number of benzene rings is 1. The van der Waals surface area contributed by atoms with Crippen molar-refractivity contribution in [1.29, 1.82) is 0 Å². The Morgan fingerprint density at radius 3 is 2.76 bits per heavy atom. The van der Waals surface area contributed by atoms with E-state index in [0.717, 1.165) is 10.8 Å². The molecule has 0 radical (unpaired) electrons. The van der Waals surface area contributed by atoms with Gasteiger partial charge in [0.1, 0.15) is 5.69 Å². The van der Waals surface area contributed by atoms with Crippen LogP contribution in [0, 0.1) is 0 Å². The van der Waals surface area contributed by atoms with Crippen molar-refractivity contribution in [2.24, 2.45) is 0 Å². The lowest BCUT2D eigenvalue weighted by atomic mass is 10.1. The maximum absolute atomic E-state index is 12.7. The van der Waals surface area contributed by atoms with Gasteiger partial charge in [0.05, 0.1) is 12.1 Å². The average Bonchev–Trinajstić information content (AvgIpc) is 2.88. The standard InChI is InChI=1S/C16H19N3O2/c1-18(2)13-9-19(10-14(13)20)16(21)15-12-6-4-3-5-11(12)7-8-17-15/h3-8,13-14,20H,9-10H2,1-2H3/t13-,14-/m1/s1. The maximum atomic E-state index is 12.7. The molecule has 3 rings (SSSR count). The number of hydrogen-bond donors (Lipinski definition) is 1. The topological polar surface area (TPSA) is 56.7 Å². The molecular weight excluding hydrogens is 266 g/mol. The first-order valence-electron chi connectivity index (χ1n) is 7.05. The van der Waals surface area contributed by atoms with Gasteiger partial charge in [-0.05, 0) is 25.5 Å². The normalized spacial score (nSPS) is 22.2. The molecule has 5 nitrogen and oxygen atoms in total. The number of aliphatic hydroxyl groups excluding tert-OH is 1. The van der Waals surface area contributed by atoms with Crippen molar-refractivity contribution >= 4 is 16.7 Å². The summed E-state index contributed by atoms with van der Waals surface area (Å²) in [7, 11) is 3.83. The molecule has 1 saturated heterocycles. The molecule has 1 N–H and O–H groups in total. The Kier molecular flexibility index (Phi) is 3.61. The summed E-state index contributed by atoms with van der Waals surface area (Å²) >= 11 is 0. The lowest BCUT2D eigenvalue weighted by Crippen LogP contribution is -2.38. The van der Waals surface area contributed by atoms with Crippen LogP contribution in [-0.2, 0) is 0 Å². The maximum Gasteiger partial charge on any atom is 0.273 e. The highest BCUT2D eigenvalue weighted by molar-refractivity contribution is 6.05. The van der Waals surface area contributed by atoms with Crippen LogP contribution < -0.4 is 0 Å². The molecule has 1 aliphatic heterocycles. The van der Waals surface area contributed by atoms with Crippen molar-refractivity contribution < 1.29 is 9.90 Å². The zero-order valence-electron chi connectivity index (χ0n) is 12.2. The molecule has 1 aliphatic rings. The molecular formula is C16H19N3O2. The lowest BCUT2D eigenvalue weighted by molar-refractivity contribution is 0.0760. The van der Waals surface area contributed by atoms with Gasteiger partial charge < -0.3 is 14.9 Å². The molecule has 2 aromatic rings. The van der Waals surface area contributed by atoms with Gasteiger partial charge >= 0.3 is 0 Å². The summed E-state index contributed by atoms with van der Waals surface area (Å²) in [6.45, 7) is 0.879. The molecule has 1 aromatic carbocycles. The number of carbonyl (C=O) groups excluding carboxylic acids is 1. The molecule has 0 aliphatic carbocycles. The number of aliphatic hydroxyl groups is 1. The fraction of sp³-hybridized carbons (Fsp3) is 0.375. The third kappa shape index (κ3) is 2.50. The van der Waals surface area contributed by atoms with E-state index in [0.29, 0.717) is 18.8 Å². The first kappa shape index (κ1) is 14.0. The smallest absolute Gasteiger partial charge is 0.273 e. The van der Waals surface area contributed by atoms with Gasteiger partial charge in [-0.3, -0.25) is 9.78 Å². The average molecular weight is 285 g/mol. The van der Waals surface area contributed by atoms with Gasteiger partial charge in [0, 0.05) is 24.7 Å². The van der Waals surface area contributed by atoms with Crippen molar-refractivity contribution in [3.63, 3.8) is 0 Å². The number of rotatable bonds is 2. The van der Waals surface area contributed by atoms with Crippen LogP contribution in [0.3, 0.4) is 0 Å². The highest BCUT2D eigenvalue weighted by Gasteiger charge is 2.36. The second-order valence-electron chi connectivity index (χ2n) is 5.69. The second kappa shape index (κ2) is 5.42. The summed E-state index contributed by atoms with van der Waals surface area (Å²) in [5.41, 5.74) is 0.458. The van der Waals surface area contributed by atoms with Gasteiger partial charge in [0.2, 0.25) is 0 Å². The quantitative estimate of drug-likeness (QED) is 0.894. The van der Waals surface area contributed by atoms with Gasteiger partial charge in [0.15, 0.2) is 0 Å². The molecule has 1 fully saturated rings. The summed E-state index contributed by atoms with van der Waals surface area (Å²) in [4.78, 5) is 20.6. The number of β-amino-alcohol motifs (C(OH)–C–C–N with tert-alkyl or cyclic N) is 1. The second-order valence-corrected chi connectivity index (χ2v) is 5.69. The van der Waals surface area contributed by atoms with E-state index >= 15 is 0 Å². The molecule has 1 amide bonds. The van der Waals surface area contributed by atoms with Gasteiger partial charge in [-0.1, -0.05) is 24.3 Å². The zero-order chi connectivity index (χ0) is 15.0. The van der Waals surface area contributed by atoms with E-state index in [2.05, 4.69) is 4.98 Å². The fourth-order valence-corrected chi connectivity index (χ4v) is 2.88. The number of likely N-dealkylation sites (tertiary alicyclic amines) is 1. The number of carbonyl (C=O) groups is 1. The van der Waals surface area contributed by atoms with Crippen LogP contribution in [0.15, 0.2) is 36.5 Å². The fourth-order valence-electron chi connectivity index (χ4n) is 2.88. The van der Waals surface area contributed by atoms with Gasteiger partial charge in [-0.2, -0.15) is 0 Å². The molecule has 110 valence electrons. The Morgan fingerprint density at radius 2 is 2.05 bits per heavy atom. The number of pyridine rings is 1. The molecule has 0 spiro atoms. The van der Waals surface area contributed by atoms with Crippen molar-refractivity contribution in [3.8, 4) is 0 Å². The Balaban J connectivity index is 1.92. The minimum atomic E-state index is -0.515. The van der Waals surface area contributed by atoms with E-state index in [1.807, 2.05) is 49.3 Å². The largest absolute Gasteiger partial charge is 0.390 e. The van der Waals surface area contributed by atoms with E-state index in [4.69, 9.17) is 0 Å². The molecule has 0 bridgehead atoms. The van der Waals surface area contributed by atoms with Gasteiger partial charge in [0.25, 0.3) is 5.91 Å². The van der Waals surface area contributed by atoms with E-state index in [1.165, 1.54) is 0 Å². The molecule has 0 unspecified atom stereocenters. The molecule has 2 heterocycles. The van der Waals surface area contributed by atoms with Crippen LogP contribution >= 0.6 is 0 Å². The Morgan fingerprint density at radius 1 is 1.29 bits per heavy atom. The summed E-state index contributed by atoms with van der Waals surface area (Å²) in [5, 5.41) is 11.9. The van der Waals surface area contributed by atoms with Gasteiger partial charge in [-0.25, -0.2) is 0 Å². The molecule has 5 heteroatoms. The predicted octanol–water partition coefficient (Wildman–Crippen LogP) is 0.982. The first-order chi connectivity index (χ1) is 10.1. The number of hydrogen-bond acceptors (Lipinski definition) is 4. The van der Waals surface area contributed by atoms with Crippen molar-refractivity contribution in [3.05, 3.63) is 42.2 Å². The Bertz CT molecular complexity index is 666. The number of amides is 1. The molecule has 1 aromatic heterocycles. The Labute approximate surface area is 123 Å². The van der Waals surface area contributed by atoms with E-state index in [1.54, 1.807) is 11.1 Å². The molecule has 2 atom stereocenters. The van der Waals surface area contributed by atoms with Gasteiger partial charge in [-0.15, -0.1) is 0 Å². The SMILES string of the molecule is CN(C)[C@@H]1CN(C(=O)c2nccc3ccccc23)C[C@H]1O. The molecule has 0 saturated carbocycles. The third-order valence-corrected chi connectivity index (χ3v) is 4.09.